The molecular weight excluding hydrogens is 288 g/mol. The van der Waals surface area contributed by atoms with E-state index in [1.807, 2.05) is 11.0 Å². The van der Waals surface area contributed by atoms with Crippen molar-refractivity contribution in [2.45, 2.75) is 25.3 Å². The molecule has 21 heavy (non-hydrogen) atoms. The third kappa shape index (κ3) is 2.21. The first-order valence-corrected chi connectivity index (χ1v) is 8.10. The molecule has 4 nitrogen and oxygen atoms in total. The fourth-order valence-corrected chi connectivity index (χ4v) is 3.71. The summed E-state index contributed by atoms with van der Waals surface area (Å²) in [6.07, 6.45) is 3.84. The summed E-state index contributed by atoms with van der Waals surface area (Å²) in [7, 11) is 0. The second kappa shape index (κ2) is 5.18. The zero-order chi connectivity index (χ0) is 14.4. The molecule has 0 radical (unpaired) electrons. The lowest BCUT2D eigenvalue weighted by Gasteiger charge is -2.30. The van der Waals surface area contributed by atoms with Crippen LogP contribution in [-0.4, -0.2) is 37.0 Å². The summed E-state index contributed by atoms with van der Waals surface area (Å²) >= 11 is 6.35. The molecule has 1 saturated carbocycles. The second-order valence-electron chi connectivity index (χ2n) is 6.20. The highest BCUT2D eigenvalue weighted by atomic mass is 35.5. The van der Waals surface area contributed by atoms with Gasteiger partial charge in [-0.25, -0.2) is 0 Å². The number of fused-ring (bicyclic) bond motifs is 3. The van der Waals surface area contributed by atoms with Gasteiger partial charge in [-0.05, 0) is 36.5 Å². The Morgan fingerprint density at radius 1 is 1.38 bits per heavy atom. The molecule has 1 saturated heterocycles. The molecular formula is C16H19ClN2O2. The molecule has 3 aliphatic rings. The van der Waals surface area contributed by atoms with Crippen molar-refractivity contribution in [2.75, 3.05) is 26.2 Å². The average Bonchev–Trinajstić information content (AvgIpc) is 2.72. The number of ether oxygens (including phenoxy) is 1. The highest BCUT2D eigenvalue weighted by Crippen LogP contribution is 2.40. The number of nitrogens with one attached hydrogen (secondary N) is 1. The summed E-state index contributed by atoms with van der Waals surface area (Å²) in [5.74, 6) is 1.55. The van der Waals surface area contributed by atoms with Crippen LogP contribution in [0.5, 0.6) is 5.75 Å². The van der Waals surface area contributed by atoms with E-state index in [9.17, 15) is 4.79 Å². The molecule has 1 aromatic carbocycles. The van der Waals surface area contributed by atoms with Gasteiger partial charge in [0.25, 0.3) is 5.91 Å². The van der Waals surface area contributed by atoms with E-state index in [4.69, 9.17) is 16.3 Å². The van der Waals surface area contributed by atoms with Crippen molar-refractivity contribution in [1.82, 2.24) is 10.2 Å². The van der Waals surface area contributed by atoms with Crippen LogP contribution in [0.15, 0.2) is 12.1 Å². The van der Waals surface area contributed by atoms with E-state index in [1.54, 1.807) is 6.07 Å². The van der Waals surface area contributed by atoms with E-state index in [-0.39, 0.29) is 11.9 Å². The number of nitrogens with zero attached hydrogens (tertiary/aromatic N) is 1. The smallest absolute Gasteiger partial charge is 0.256 e. The predicted molar refractivity (Wildman–Crippen MR) is 80.9 cm³/mol. The largest absolute Gasteiger partial charge is 0.493 e. The van der Waals surface area contributed by atoms with Crippen molar-refractivity contribution in [3.63, 3.8) is 0 Å². The Morgan fingerprint density at radius 2 is 2.24 bits per heavy atom. The van der Waals surface area contributed by atoms with Gasteiger partial charge < -0.3 is 15.0 Å². The molecule has 112 valence electrons. The van der Waals surface area contributed by atoms with Crippen molar-refractivity contribution in [1.29, 1.82) is 0 Å². The van der Waals surface area contributed by atoms with Crippen molar-refractivity contribution < 1.29 is 9.53 Å². The fourth-order valence-electron chi connectivity index (χ4n) is 3.42. The average molecular weight is 307 g/mol. The Kier molecular flexibility index (Phi) is 3.31. The van der Waals surface area contributed by atoms with Gasteiger partial charge in [0.1, 0.15) is 5.75 Å². The topological polar surface area (TPSA) is 41.6 Å². The van der Waals surface area contributed by atoms with Crippen LogP contribution >= 0.6 is 11.6 Å². The minimum Gasteiger partial charge on any atom is -0.493 e. The number of piperazine rings is 1. The third-order valence-corrected chi connectivity index (χ3v) is 5.18. The van der Waals surface area contributed by atoms with E-state index in [0.717, 1.165) is 37.6 Å². The zero-order valence-corrected chi connectivity index (χ0v) is 12.7. The molecule has 4 rings (SSSR count). The number of halogens is 1. The van der Waals surface area contributed by atoms with Gasteiger partial charge in [-0.3, -0.25) is 4.79 Å². The summed E-state index contributed by atoms with van der Waals surface area (Å²) in [4.78, 5) is 14.4. The number of hydrogen-bond acceptors (Lipinski definition) is 3. The van der Waals surface area contributed by atoms with Gasteiger partial charge in [0.15, 0.2) is 0 Å². The minimum absolute atomic E-state index is 0.0621. The van der Waals surface area contributed by atoms with E-state index in [1.165, 1.54) is 19.3 Å². The molecule has 0 spiro atoms. The molecule has 1 N–H and O–H groups in total. The second-order valence-corrected chi connectivity index (χ2v) is 6.60. The van der Waals surface area contributed by atoms with Crippen LogP contribution in [0.2, 0.25) is 5.02 Å². The van der Waals surface area contributed by atoms with Gasteiger partial charge in [-0.15, -0.1) is 0 Å². The SMILES string of the molecule is O=C1c2c(Cl)cc(OCC3CCC3)cc2[C@@H]2CNCCN12. The normalized spacial score (nSPS) is 24.5. The number of benzene rings is 1. The standard InChI is InChI=1S/C16H19ClN2O2/c17-13-7-11(21-9-10-2-1-3-10)6-12-14-8-18-4-5-19(14)16(20)15(12)13/h6-7,10,14,18H,1-5,8-9H2/t14-/m0/s1. The summed E-state index contributed by atoms with van der Waals surface area (Å²) < 4.78 is 5.90. The molecule has 1 aliphatic carbocycles. The third-order valence-electron chi connectivity index (χ3n) is 4.88. The van der Waals surface area contributed by atoms with Gasteiger partial charge in [-0.2, -0.15) is 0 Å². The molecule has 0 unspecified atom stereocenters. The minimum atomic E-state index is 0.0621. The Balaban J connectivity index is 1.62. The first-order valence-electron chi connectivity index (χ1n) is 7.72. The lowest BCUT2D eigenvalue weighted by atomic mass is 9.86. The lowest BCUT2D eigenvalue weighted by molar-refractivity contribution is 0.0691. The maximum Gasteiger partial charge on any atom is 0.256 e. The first kappa shape index (κ1) is 13.4. The molecule has 0 aromatic heterocycles. The molecule has 1 aromatic rings. The number of carbonyl (C=O) groups is 1. The van der Waals surface area contributed by atoms with Crippen LogP contribution in [0.4, 0.5) is 0 Å². The van der Waals surface area contributed by atoms with Crippen LogP contribution in [0.3, 0.4) is 0 Å². The molecule has 2 aliphatic heterocycles. The predicted octanol–water partition coefficient (Wildman–Crippen LogP) is 2.62. The Hall–Kier alpha value is -1.26. The zero-order valence-electron chi connectivity index (χ0n) is 11.9. The van der Waals surface area contributed by atoms with Crippen LogP contribution < -0.4 is 10.1 Å². The van der Waals surface area contributed by atoms with Gasteiger partial charge >= 0.3 is 0 Å². The number of hydrogen-bond donors (Lipinski definition) is 1. The molecule has 1 amide bonds. The molecule has 2 heterocycles. The van der Waals surface area contributed by atoms with Crippen LogP contribution in [0, 0.1) is 5.92 Å². The van der Waals surface area contributed by atoms with Gasteiger partial charge in [0, 0.05) is 19.6 Å². The number of rotatable bonds is 3. The highest BCUT2D eigenvalue weighted by molar-refractivity contribution is 6.34. The number of amides is 1. The quantitative estimate of drug-likeness (QED) is 0.933. The summed E-state index contributed by atoms with van der Waals surface area (Å²) in [5, 5.41) is 3.87. The van der Waals surface area contributed by atoms with Crippen LogP contribution in [-0.2, 0) is 0 Å². The summed E-state index contributed by atoms with van der Waals surface area (Å²) in [6, 6.07) is 3.91. The summed E-state index contributed by atoms with van der Waals surface area (Å²) in [5.41, 5.74) is 1.68. The van der Waals surface area contributed by atoms with Crippen molar-refractivity contribution >= 4 is 17.5 Å². The van der Waals surface area contributed by atoms with E-state index >= 15 is 0 Å². The molecule has 2 fully saturated rings. The Labute approximate surface area is 129 Å². The maximum absolute atomic E-state index is 12.5. The maximum atomic E-state index is 12.5. The van der Waals surface area contributed by atoms with Gasteiger partial charge in [0.05, 0.1) is 23.2 Å². The molecule has 1 atom stereocenters. The van der Waals surface area contributed by atoms with E-state index in [0.29, 0.717) is 16.5 Å². The number of carbonyl (C=O) groups excluding carboxylic acids is 1. The lowest BCUT2D eigenvalue weighted by Crippen LogP contribution is -2.44. The van der Waals surface area contributed by atoms with Gasteiger partial charge in [0.2, 0.25) is 0 Å². The van der Waals surface area contributed by atoms with Crippen LogP contribution in [0.1, 0.15) is 41.2 Å². The highest BCUT2D eigenvalue weighted by Gasteiger charge is 2.40. The van der Waals surface area contributed by atoms with Crippen molar-refractivity contribution in [2.24, 2.45) is 5.92 Å². The van der Waals surface area contributed by atoms with Crippen molar-refractivity contribution in [3.8, 4) is 5.75 Å². The molecule has 0 bridgehead atoms. The molecule has 5 heteroatoms. The fraction of sp³-hybridized carbons (Fsp3) is 0.562. The van der Waals surface area contributed by atoms with E-state index in [2.05, 4.69) is 5.32 Å². The van der Waals surface area contributed by atoms with Gasteiger partial charge in [-0.1, -0.05) is 18.0 Å². The van der Waals surface area contributed by atoms with E-state index < -0.39 is 0 Å². The summed E-state index contributed by atoms with van der Waals surface area (Å²) in [6.45, 7) is 3.14. The monoisotopic (exact) mass is 306 g/mol. The van der Waals surface area contributed by atoms with Crippen molar-refractivity contribution in [3.05, 3.63) is 28.3 Å². The Morgan fingerprint density at radius 3 is 3.00 bits per heavy atom. The Bertz CT molecular complexity index is 586. The van der Waals surface area contributed by atoms with Crippen LogP contribution in [0.25, 0.3) is 0 Å². The first-order chi connectivity index (χ1) is 10.2.